The van der Waals surface area contributed by atoms with Crippen molar-refractivity contribution in [1.29, 1.82) is 0 Å². The van der Waals surface area contributed by atoms with Crippen LogP contribution in [0.5, 0.6) is 0 Å². The van der Waals surface area contributed by atoms with Crippen LogP contribution in [0.4, 0.5) is 13.2 Å². The van der Waals surface area contributed by atoms with Crippen molar-refractivity contribution in [3.05, 3.63) is 78.1 Å². The lowest BCUT2D eigenvalue weighted by molar-refractivity contribution is -0.137. The van der Waals surface area contributed by atoms with Gasteiger partial charge in [0.15, 0.2) is 11.3 Å². The first-order chi connectivity index (χ1) is 14.9. The van der Waals surface area contributed by atoms with Crippen molar-refractivity contribution in [2.24, 2.45) is 0 Å². The number of hydrogen-bond acceptors (Lipinski definition) is 4. The molecule has 1 atom stereocenters. The normalized spacial score (nSPS) is 16.9. The van der Waals surface area contributed by atoms with Gasteiger partial charge in [-0.3, -0.25) is 4.79 Å². The molecule has 2 aromatic carbocycles. The molecule has 5 rings (SSSR count). The second-order valence-corrected chi connectivity index (χ2v) is 7.41. The van der Waals surface area contributed by atoms with Crippen LogP contribution in [-0.2, 0) is 6.18 Å². The first kappa shape index (κ1) is 19.4. The average molecular weight is 426 g/mol. The summed E-state index contributed by atoms with van der Waals surface area (Å²) in [4.78, 5) is 18.9. The fourth-order valence-electron chi connectivity index (χ4n) is 4.05. The molecular weight excluding hydrogens is 409 g/mol. The molecule has 0 unspecified atom stereocenters. The highest BCUT2D eigenvalue weighted by atomic mass is 19.4. The van der Waals surface area contributed by atoms with E-state index in [2.05, 4.69) is 4.98 Å². The molecule has 0 N–H and O–H groups in total. The zero-order chi connectivity index (χ0) is 21.6. The third-order valence-corrected chi connectivity index (χ3v) is 5.48. The number of furan rings is 1. The summed E-state index contributed by atoms with van der Waals surface area (Å²) in [5, 5.41) is 0. The molecule has 3 heterocycles. The molecule has 0 aliphatic carbocycles. The molecule has 1 amide bonds. The quantitative estimate of drug-likeness (QED) is 0.398. The highest BCUT2D eigenvalue weighted by Gasteiger charge is 2.36. The molecule has 1 aliphatic rings. The second kappa shape index (κ2) is 7.30. The van der Waals surface area contributed by atoms with Crippen molar-refractivity contribution in [3.8, 4) is 11.1 Å². The van der Waals surface area contributed by atoms with Crippen LogP contribution in [0.1, 0.15) is 40.9 Å². The van der Waals surface area contributed by atoms with Gasteiger partial charge in [-0.25, -0.2) is 4.98 Å². The number of carbonyl (C=O) groups is 1. The van der Waals surface area contributed by atoms with Crippen LogP contribution in [0, 0.1) is 0 Å². The topological polar surface area (TPSA) is 59.5 Å². The molecular formula is C23H17F3N2O3. The van der Waals surface area contributed by atoms with Gasteiger partial charge in [-0.15, -0.1) is 0 Å². The third-order valence-electron chi connectivity index (χ3n) is 5.48. The Morgan fingerprint density at radius 3 is 2.71 bits per heavy atom. The molecule has 1 fully saturated rings. The van der Waals surface area contributed by atoms with Crippen LogP contribution in [0.3, 0.4) is 0 Å². The molecule has 2 aromatic heterocycles. The van der Waals surface area contributed by atoms with Gasteiger partial charge in [0.05, 0.1) is 11.8 Å². The summed E-state index contributed by atoms with van der Waals surface area (Å²) in [5.74, 6) is 0.372. The summed E-state index contributed by atoms with van der Waals surface area (Å²) in [7, 11) is 0. The summed E-state index contributed by atoms with van der Waals surface area (Å²) in [6.07, 6.45) is -1.54. The van der Waals surface area contributed by atoms with Gasteiger partial charge < -0.3 is 13.7 Å². The van der Waals surface area contributed by atoms with Gasteiger partial charge in [0.25, 0.3) is 5.91 Å². The van der Waals surface area contributed by atoms with Crippen LogP contribution >= 0.6 is 0 Å². The number of carbonyl (C=O) groups excluding carboxylic acids is 1. The van der Waals surface area contributed by atoms with Gasteiger partial charge in [-0.1, -0.05) is 24.3 Å². The number of rotatable bonds is 3. The third kappa shape index (κ3) is 3.48. The van der Waals surface area contributed by atoms with Crippen molar-refractivity contribution >= 4 is 17.0 Å². The molecule has 0 saturated carbocycles. The van der Waals surface area contributed by atoms with E-state index in [0.717, 1.165) is 12.5 Å². The number of fused-ring (bicyclic) bond motifs is 1. The summed E-state index contributed by atoms with van der Waals surface area (Å²) in [5.41, 5.74) is 0.679. The maximum absolute atomic E-state index is 13.4. The van der Waals surface area contributed by atoms with E-state index in [-0.39, 0.29) is 23.3 Å². The van der Waals surface area contributed by atoms with Gasteiger partial charge >= 0.3 is 6.18 Å². The van der Waals surface area contributed by atoms with E-state index >= 15 is 0 Å². The van der Waals surface area contributed by atoms with E-state index in [4.69, 9.17) is 8.83 Å². The lowest BCUT2D eigenvalue weighted by Gasteiger charge is -2.20. The Bertz CT molecular complexity index is 1240. The first-order valence-electron chi connectivity index (χ1n) is 9.83. The van der Waals surface area contributed by atoms with Gasteiger partial charge in [0.1, 0.15) is 11.6 Å². The monoisotopic (exact) mass is 426 g/mol. The number of amides is 1. The Hall–Kier alpha value is -3.55. The van der Waals surface area contributed by atoms with E-state index in [9.17, 15) is 18.0 Å². The van der Waals surface area contributed by atoms with Crippen molar-refractivity contribution < 1.29 is 26.8 Å². The second-order valence-electron chi connectivity index (χ2n) is 7.41. The molecule has 1 saturated heterocycles. The van der Waals surface area contributed by atoms with Crippen LogP contribution in [-0.4, -0.2) is 22.3 Å². The zero-order valence-electron chi connectivity index (χ0n) is 16.2. The molecule has 31 heavy (non-hydrogen) atoms. The fourth-order valence-corrected chi connectivity index (χ4v) is 4.05. The summed E-state index contributed by atoms with van der Waals surface area (Å²) >= 11 is 0. The van der Waals surface area contributed by atoms with E-state index in [0.29, 0.717) is 35.5 Å². The summed E-state index contributed by atoms with van der Waals surface area (Å²) < 4.78 is 51.3. The fraction of sp³-hybridized carbons (Fsp3) is 0.217. The Kier molecular flexibility index (Phi) is 4.57. The van der Waals surface area contributed by atoms with E-state index in [1.807, 2.05) is 0 Å². The van der Waals surface area contributed by atoms with E-state index in [1.54, 1.807) is 41.3 Å². The number of nitrogens with zero attached hydrogens (tertiary/aromatic N) is 2. The average Bonchev–Trinajstić information content (AvgIpc) is 3.52. The number of aromatic nitrogens is 1. The molecule has 0 radical (unpaired) electrons. The van der Waals surface area contributed by atoms with Gasteiger partial charge in [0.2, 0.25) is 5.89 Å². The molecule has 0 bridgehead atoms. The largest absolute Gasteiger partial charge is 0.459 e. The SMILES string of the molecule is O=C(c1ccco1)N1CCC[C@@H]1c1nc2cc(-c3ccccc3C(F)(F)F)ccc2o1. The lowest BCUT2D eigenvalue weighted by atomic mass is 9.99. The van der Waals surface area contributed by atoms with Crippen molar-refractivity contribution in [2.45, 2.75) is 25.1 Å². The number of hydrogen-bond donors (Lipinski definition) is 0. The van der Waals surface area contributed by atoms with Gasteiger partial charge in [0, 0.05) is 6.54 Å². The Balaban J connectivity index is 1.50. The van der Waals surface area contributed by atoms with Crippen LogP contribution in [0.15, 0.2) is 69.7 Å². The van der Waals surface area contributed by atoms with Crippen LogP contribution in [0.2, 0.25) is 0 Å². The van der Waals surface area contributed by atoms with Crippen molar-refractivity contribution in [2.75, 3.05) is 6.54 Å². The molecule has 0 spiro atoms. The Labute approximate surface area is 175 Å². The maximum atomic E-state index is 13.4. The molecule has 1 aliphatic heterocycles. The molecule has 5 nitrogen and oxygen atoms in total. The highest BCUT2D eigenvalue weighted by Crippen LogP contribution is 2.39. The van der Waals surface area contributed by atoms with Crippen molar-refractivity contribution in [1.82, 2.24) is 9.88 Å². The number of benzene rings is 2. The van der Waals surface area contributed by atoms with E-state index < -0.39 is 11.7 Å². The van der Waals surface area contributed by atoms with Crippen molar-refractivity contribution in [3.63, 3.8) is 0 Å². The predicted molar refractivity (Wildman–Crippen MR) is 106 cm³/mol. The predicted octanol–water partition coefficient (Wildman–Crippen LogP) is 6.08. The smallest absolute Gasteiger partial charge is 0.417 e. The Morgan fingerprint density at radius 1 is 1.10 bits per heavy atom. The first-order valence-corrected chi connectivity index (χ1v) is 9.83. The minimum atomic E-state index is -4.46. The Morgan fingerprint density at radius 2 is 1.94 bits per heavy atom. The summed E-state index contributed by atoms with van der Waals surface area (Å²) in [6.45, 7) is 0.549. The number of alkyl halides is 3. The van der Waals surface area contributed by atoms with Crippen LogP contribution in [0.25, 0.3) is 22.2 Å². The molecule has 8 heteroatoms. The van der Waals surface area contributed by atoms with E-state index in [1.165, 1.54) is 18.4 Å². The lowest BCUT2D eigenvalue weighted by Crippen LogP contribution is -2.30. The number of oxazole rings is 1. The summed E-state index contributed by atoms with van der Waals surface area (Å²) in [6, 6.07) is 13.1. The zero-order valence-corrected chi connectivity index (χ0v) is 16.2. The number of likely N-dealkylation sites (tertiary alicyclic amines) is 1. The van der Waals surface area contributed by atoms with Gasteiger partial charge in [-0.05, 0) is 54.3 Å². The highest BCUT2D eigenvalue weighted by molar-refractivity contribution is 5.92. The molecule has 158 valence electrons. The maximum Gasteiger partial charge on any atom is 0.417 e. The van der Waals surface area contributed by atoms with Gasteiger partial charge in [-0.2, -0.15) is 13.2 Å². The minimum absolute atomic E-state index is 0.0805. The molecule has 4 aromatic rings. The minimum Gasteiger partial charge on any atom is -0.459 e. The number of halogens is 3. The standard InChI is InChI=1S/C23H17F3N2O3/c24-23(25,26)16-6-2-1-5-15(16)14-9-10-19-17(13-14)27-21(31-19)18-7-3-11-28(18)22(29)20-8-4-12-30-20/h1-2,4-6,8-10,12-13,18H,3,7,11H2/t18-/m1/s1. The van der Waals surface area contributed by atoms with Crippen LogP contribution < -0.4 is 0 Å².